The quantitative estimate of drug-likeness (QED) is 0.485. The third-order valence-corrected chi connectivity index (χ3v) is 11.1. The van der Waals surface area contributed by atoms with Gasteiger partial charge >= 0.3 is 5.97 Å². The van der Waals surface area contributed by atoms with Gasteiger partial charge in [-0.15, -0.1) is 0 Å². The van der Waals surface area contributed by atoms with Gasteiger partial charge in [0, 0.05) is 12.1 Å². The Balaban J connectivity index is 1.12. The normalized spacial score (nSPS) is 43.9. The minimum atomic E-state index is -0.155. The smallest absolute Gasteiger partial charge is 0.331 e. The molecule has 4 aliphatic carbocycles. The van der Waals surface area contributed by atoms with Crippen LogP contribution in [0.4, 0.5) is 0 Å². The predicted octanol–water partition coefficient (Wildman–Crippen LogP) is 4.63. The summed E-state index contributed by atoms with van der Waals surface area (Å²) in [5.41, 5.74) is 3.52. The van der Waals surface area contributed by atoms with Crippen LogP contribution in [0, 0.1) is 34.5 Å². The highest BCUT2D eigenvalue weighted by Gasteiger charge is 2.58. The van der Waals surface area contributed by atoms with Crippen molar-refractivity contribution >= 4 is 11.9 Å². The molecule has 34 heavy (non-hydrogen) atoms. The number of cyclic esters (lactones) is 1. The van der Waals surface area contributed by atoms with Gasteiger partial charge in [0.25, 0.3) is 0 Å². The summed E-state index contributed by atoms with van der Waals surface area (Å²) in [7, 11) is 0. The molecule has 2 aliphatic heterocycles. The van der Waals surface area contributed by atoms with Gasteiger partial charge in [-0.25, -0.2) is 4.79 Å². The molecule has 5 nitrogen and oxygen atoms in total. The molecule has 0 radical (unpaired) electrons. The number of fused-ring (bicyclic) bond motifs is 5. The van der Waals surface area contributed by atoms with E-state index in [1.165, 1.54) is 50.5 Å². The number of likely N-dealkylation sites (tertiary alicyclic amines) is 1. The lowest BCUT2D eigenvalue weighted by atomic mass is 9.45. The van der Waals surface area contributed by atoms with E-state index in [2.05, 4.69) is 30.1 Å². The third kappa shape index (κ3) is 3.68. The van der Waals surface area contributed by atoms with Crippen molar-refractivity contribution in [3.05, 3.63) is 23.3 Å². The van der Waals surface area contributed by atoms with Gasteiger partial charge in [-0.05, 0) is 117 Å². The topological polar surface area (TPSA) is 58.6 Å². The van der Waals surface area contributed by atoms with E-state index >= 15 is 0 Å². The molecule has 0 spiro atoms. The van der Waals surface area contributed by atoms with Gasteiger partial charge in [0.2, 0.25) is 5.91 Å². The number of esters is 1. The summed E-state index contributed by atoms with van der Waals surface area (Å²) < 4.78 is 5.28. The molecular weight excluding hydrogens is 424 g/mol. The number of ether oxygens (including phenoxy) is 1. The first-order valence-corrected chi connectivity index (χ1v) is 14.0. The summed E-state index contributed by atoms with van der Waals surface area (Å²) in [5, 5.41) is 3.41. The lowest BCUT2D eigenvalue weighted by Gasteiger charge is -2.60. The van der Waals surface area contributed by atoms with Crippen LogP contribution in [-0.4, -0.2) is 49.1 Å². The van der Waals surface area contributed by atoms with E-state index < -0.39 is 0 Å². The second kappa shape index (κ2) is 8.50. The molecule has 0 bridgehead atoms. The van der Waals surface area contributed by atoms with E-state index in [9.17, 15) is 9.59 Å². The molecule has 2 heterocycles. The predicted molar refractivity (Wildman–Crippen MR) is 132 cm³/mol. The van der Waals surface area contributed by atoms with Crippen LogP contribution in [0.2, 0.25) is 0 Å². The Kier molecular flexibility index (Phi) is 5.70. The Labute approximate surface area is 204 Å². The van der Waals surface area contributed by atoms with Crippen molar-refractivity contribution in [1.29, 1.82) is 0 Å². The van der Waals surface area contributed by atoms with Crippen molar-refractivity contribution in [1.82, 2.24) is 10.2 Å². The van der Waals surface area contributed by atoms with Crippen LogP contribution in [-0.2, 0) is 14.3 Å². The Morgan fingerprint density at radius 1 is 1.15 bits per heavy atom. The number of carbonyl (C=O) groups is 2. The van der Waals surface area contributed by atoms with E-state index in [-0.39, 0.29) is 17.3 Å². The molecule has 0 aromatic rings. The minimum absolute atomic E-state index is 0.155. The molecule has 0 unspecified atom stereocenters. The summed E-state index contributed by atoms with van der Waals surface area (Å²) in [6, 6.07) is 0.362. The second-order valence-electron chi connectivity index (χ2n) is 12.7. The van der Waals surface area contributed by atoms with Crippen molar-refractivity contribution in [3.63, 3.8) is 0 Å². The molecule has 1 amide bonds. The zero-order valence-electron chi connectivity index (χ0n) is 21.1. The first-order valence-electron chi connectivity index (χ1n) is 14.0. The first-order chi connectivity index (χ1) is 16.4. The molecule has 7 atom stereocenters. The number of allylic oxidation sites excluding steroid dienone is 2. The molecule has 5 heteroatoms. The molecular formula is C29H42N2O3. The number of hydrogen-bond acceptors (Lipinski definition) is 4. The van der Waals surface area contributed by atoms with Crippen LogP contribution in [0.3, 0.4) is 0 Å². The maximum atomic E-state index is 12.7. The Morgan fingerprint density at radius 2 is 1.97 bits per heavy atom. The fourth-order valence-corrected chi connectivity index (χ4v) is 9.29. The lowest BCUT2D eigenvalue weighted by molar-refractivity contribution is -0.135. The maximum Gasteiger partial charge on any atom is 0.331 e. The Bertz CT molecular complexity index is 918. The number of carbonyl (C=O) groups excluding carboxylic acids is 2. The Morgan fingerprint density at radius 3 is 2.74 bits per heavy atom. The van der Waals surface area contributed by atoms with Crippen molar-refractivity contribution in [2.75, 3.05) is 26.2 Å². The molecule has 3 saturated carbocycles. The largest absolute Gasteiger partial charge is 0.458 e. The highest BCUT2D eigenvalue weighted by Crippen LogP contribution is 2.66. The van der Waals surface area contributed by atoms with E-state index in [0.29, 0.717) is 36.4 Å². The maximum absolute atomic E-state index is 12.7. The van der Waals surface area contributed by atoms with Gasteiger partial charge in [0.15, 0.2) is 0 Å². The molecule has 0 aromatic carbocycles. The third-order valence-electron chi connectivity index (χ3n) is 11.1. The fourth-order valence-electron chi connectivity index (χ4n) is 9.29. The average Bonchev–Trinajstić information content (AvgIpc) is 3.54. The van der Waals surface area contributed by atoms with Gasteiger partial charge in [-0.2, -0.15) is 0 Å². The highest BCUT2D eigenvalue weighted by atomic mass is 16.5. The molecule has 6 aliphatic rings. The summed E-state index contributed by atoms with van der Waals surface area (Å²) >= 11 is 0. The monoisotopic (exact) mass is 466 g/mol. The van der Waals surface area contributed by atoms with Gasteiger partial charge in [0.1, 0.15) is 6.61 Å². The van der Waals surface area contributed by atoms with E-state index in [0.717, 1.165) is 44.2 Å². The SMILES string of the molecule is C[C@]12CC[C@H](NC(=O)CN3CCCC3)C[C@H]1CC[C@H]1C3=CC[C@H](C4=CC(=O)OC4)[C@@]3(C)CC[C@@H]12. The average molecular weight is 467 g/mol. The van der Waals surface area contributed by atoms with E-state index in [1.807, 2.05) is 0 Å². The summed E-state index contributed by atoms with van der Waals surface area (Å²) in [6.07, 6.45) is 16.5. The van der Waals surface area contributed by atoms with Gasteiger partial charge in [-0.3, -0.25) is 9.69 Å². The lowest BCUT2D eigenvalue weighted by Crippen LogP contribution is -2.54. The Hall–Kier alpha value is -1.62. The molecule has 1 saturated heterocycles. The van der Waals surface area contributed by atoms with Crippen molar-refractivity contribution in [2.24, 2.45) is 34.5 Å². The van der Waals surface area contributed by atoms with Gasteiger partial charge in [-0.1, -0.05) is 25.5 Å². The van der Waals surface area contributed by atoms with Gasteiger partial charge in [0.05, 0.1) is 6.54 Å². The van der Waals surface area contributed by atoms with Crippen LogP contribution in [0.15, 0.2) is 23.3 Å². The second-order valence-corrected chi connectivity index (χ2v) is 12.7. The van der Waals surface area contributed by atoms with E-state index in [4.69, 9.17) is 4.74 Å². The summed E-state index contributed by atoms with van der Waals surface area (Å²) in [6.45, 7) is 8.30. The number of rotatable bonds is 4. The molecule has 1 N–H and O–H groups in total. The summed E-state index contributed by atoms with van der Waals surface area (Å²) in [4.78, 5) is 26.7. The number of amides is 1. The van der Waals surface area contributed by atoms with Crippen LogP contribution in [0.5, 0.6) is 0 Å². The highest BCUT2D eigenvalue weighted by molar-refractivity contribution is 5.85. The zero-order chi connectivity index (χ0) is 23.5. The molecule has 0 aromatic heterocycles. The van der Waals surface area contributed by atoms with Crippen LogP contribution in [0.1, 0.15) is 78.1 Å². The van der Waals surface area contributed by atoms with Crippen molar-refractivity contribution < 1.29 is 14.3 Å². The van der Waals surface area contributed by atoms with Crippen LogP contribution < -0.4 is 5.32 Å². The van der Waals surface area contributed by atoms with Crippen LogP contribution in [0.25, 0.3) is 0 Å². The van der Waals surface area contributed by atoms with E-state index in [1.54, 1.807) is 11.6 Å². The molecule has 4 fully saturated rings. The number of hydrogen-bond donors (Lipinski definition) is 1. The fraction of sp³-hybridized carbons (Fsp3) is 0.793. The zero-order valence-corrected chi connectivity index (χ0v) is 21.1. The number of nitrogens with one attached hydrogen (secondary N) is 1. The van der Waals surface area contributed by atoms with Gasteiger partial charge < -0.3 is 10.1 Å². The van der Waals surface area contributed by atoms with Crippen molar-refractivity contribution in [2.45, 2.75) is 84.1 Å². The van der Waals surface area contributed by atoms with Crippen LogP contribution >= 0.6 is 0 Å². The first kappa shape index (κ1) is 22.8. The number of nitrogens with zero attached hydrogens (tertiary/aromatic N) is 1. The molecule has 6 rings (SSSR count). The molecule has 186 valence electrons. The standard InChI is InChI=1S/C29H42N2O3/c1-28-11-9-21(30-26(32)17-31-13-3-4-14-31)16-20(28)5-6-22-24-8-7-23(19-15-27(33)34-18-19)29(24,2)12-10-25(22)28/h8,15,20-23,25H,3-7,9-14,16-18H2,1-2H3,(H,30,32)/t20-,21+,22+,23-,25+,28+,29-/m1/s1. The summed E-state index contributed by atoms with van der Waals surface area (Å²) in [5.74, 6) is 2.72. The minimum Gasteiger partial charge on any atom is -0.458 e. The van der Waals surface area contributed by atoms with Crippen molar-refractivity contribution in [3.8, 4) is 0 Å².